The molecule has 0 atom stereocenters. The second kappa shape index (κ2) is 12.2. The summed E-state index contributed by atoms with van der Waals surface area (Å²) in [6.07, 6.45) is 7.55. The van der Waals surface area contributed by atoms with E-state index in [1.807, 2.05) is 61.7 Å². The van der Waals surface area contributed by atoms with E-state index in [1.165, 1.54) is 0 Å². The molecule has 0 bridgehead atoms. The molecule has 9 nitrogen and oxygen atoms in total. The molecule has 39 heavy (non-hydrogen) atoms. The van der Waals surface area contributed by atoms with Gasteiger partial charge in [0.15, 0.2) is 17.3 Å². The summed E-state index contributed by atoms with van der Waals surface area (Å²) in [6, 6.07) is 19.0. The number of ether oxygens (including phenoxy) is 3. The maximum absolute atomic E-state index is 9.23. The van der Waals surface area contributed by atoms with Crippen molar-refractivity contribution in [3.05, 3.63) is 102 Å². The Morgan fingerprint density at radius 2 is 1.87 bits per heavy atom. The number of rotatable bonds is 12. The normalized spacial score (nSPS) is 11.3. The minimum atomic E-state index is -0.0765. The first kappa shape index (κ1) is 25.9. The molecule has 0 fully saturated rings. The smallest absolute Gasteiger partial charge is 0.263 e. The molecule has 5 rings (SSSR count). The first-order chi connectivity index (χ1) is 19.2. The average Bonchev–Trinajstić information content (AvgIpc) is 3.74. The van der Waals surface area contributed by atoms with Gasteiger partial charge in [-0.25, -0.2) is 9.67 Å². The van der Waals surface area contributed by atoms with E-state index in [4.69, 9.17) is 23.0 Å². The molecule has 1 N–H and O–H groups in total. The molecular weight excluding hydrogens is 498 g/mol. The highest BCUT2D eigenvalue weighted by molar-refractivity contribution is 5.55. The maximum Gasteiger partial charge on any atom is 0.263 e. The van der Waals surface area contributed by atoms with Gasteiger partial charge in [-0.05, 0) is 48.0 Å². The number of aliphatic hydroxyl groups excluding tert-OH is 1. The lowest BCUT2D eigenvalue weighted by Crippen LogP contribution is -2.02. The van der Waals surface area contributed by atoms with Crippen molar-refractivity contribution in [2.75, 3.05) is 13.7 Å². The van der Waals surface area contributed by atoms with E-state index in [9.17, 15) is 5.11 Å². The summed E-state index contributed by atoms with van der Waals surface area (Å²) >= 11 is 0. The second-order valence-corrected chi connectivity index (χ2v) is 8.54. The molecule has 0 amide bonds. The number of para-hydroxylation sites is 1. The summed E-state index contributed by atoms with van der Waals surface area (Å²) in [5.41, 5.74) is 3.24. The summed E-state index contributed by atoms with van der Waals surface area (Å²) in [6.45, 7) is 2.40. The number of aromatic nitrogens is 3. The predicted octanol–water partition coefficient (Wildman–Crippen LogP) is 5.85. The van der Waals surface area contributed by atoms with Crippen molar-refractivity contribution in [2.45, 2.75) is 26.6 Å². The van der Waals surface area contributed by atoms with Crippen LogP contribution in [-0.4, -0.2) is 33.6 Å². The highest BCUT2D eigenvalue weighted by atomic mass is 16.5. The number of oxazole rings is 1. The number of aliphatic hydroxyl groups is 1. The zero-order valence-corrected chi connectivity index (χ0v) is 21.7. The van der Waals surface area contributed by atoms with Gasteiger partial charge >= 0.3 is 0 Å². The van der Waals surface area contributed by atoms with Gasteiger partial charge in [0.2, 0.25) is 5.88 Å². The molecule has 0 radical (unpaired) electrons. The standard InChI is InChI=1S/C30H29N3O6/c1-3-25-24(31-30(39-25)27-12-8-16-36-27)20-37-26-14-13-21(17-28(26)35-2)19-38-29-22(9-7-15-34)18-33(32-29)23-10-5-4-6-11-23/h4-14,16-18,34H,3,15,19-20H2,1-2H3. The minimum absolute atomic E-state index is 0.0765. The number of benzene rings is 2. The fourth-order valence-corrected chi connectivity index (χ4v) is 3.99. The van der Waals surface area contributed by atoms with Gasteiger partial charge in [0.1, 0.15) is 24.7 Å². The molecule has 0 saturated heterocycles. The Kier molecular flexibility index (Phi) is 8.09. The third kappa shape index (κ3) is 6.05. The number of nitrogens with zero attached hydrogens (tertiary/aromatic N) is 3. The van der Waals surface area contributed by atoms with Gasteiger partial charge in [0, 0.05) is 12.6 Å². The first-order valence-electron chi connectivity index (χ1n) is 12.6. The Bertz CT molecular complexity index is 1520. The van der Waals surface area contributed by atoms with E-state index in [-0.39, 0.29) is 19.8 Å². The van der Waals surface area contributed by atoms with Crippen molar-refractivity contribution in [3.63, 3.8) is 0 Å². The first-order valence-corrected chi connectivity index (χ1v) is 12.6. The predicted molar refractivity (Wildman–Crippen MR) is 145 cm³/mol. The molecule has 0 spiro atoms. The fraction of sp³-hybridized carbons (Fsp3) is 0.200. The van der Waals surface area contributed by atoms with Crippen molar-refractivity contribution < 1.29 is 28.2 Å². The van der Waals surface area contributed by atoms with Crippen LogP contribution in [0.5, 0.6) is 17.4 Å². The monoisotopic (exact) mass is 527 g/mol. The molecule has 0 aliphatic carbocycles. The summed E-state index contributed by atoms with van der Waals surface area (Å²) < 4.78 is 30.7. The van der Waals surface area contributed by atoms with Crippen molar-refractivity contribution in [2.24, 2.45) is 0 Å². The lowest BCUT2D eigenvalue weighted by Gasteiger charge is -2.12. The van der Waals surface area contributed by atoms with Gasteiger partial charge in [-0.15, -0.1) is 5.10 Å². The Balaban J connectivity index is 1.29. The second-order valence-electron chi connectivity index (χ2n) is 8.54. The van der Waals surface area contributed by atoms with Gasteiger partial charge in [0.05, 0.1) is 31.2 Å². The molecule has 0 aliphatic rings. The largest absolute Gasteiger partial charge is 0.493 e. The quantitative estimate of drug-likeness (QED) is 0.215. The van der Waals surface area contributed by atoms with Gasteiger partial charge < -0.3 is 28.2 Å². The summed E-state index contributed by atoms with van der Waals surface area (Å²) in [4.78, 5) is 4.55. The van der Waals surface area contributed by atoms with Gasteiger partial charge in [-0.2, -0.15) is 0 Å². The average molecular weight is 528 g/mol. The van der Waals surface area contributed by atoms with Crippen LogP contribution >= 0.6 is 0 Å². The molecule has 5 aromatic rings. The summed E-state index contributed by atoms with van der Waals surface area (Å²) in [7, 11) is 1.59. The fourth-order valence-electron chi connectivity index (χ4n) is 3.99. The van der Waals surface area contributed by atoms with Crippen molar-refractivity contribution in [3.8, 4) is 34.7 Å². The molecule has 2 aromatic carbocycles. The number of furan rings is 1. The molecule has 3 heterocycles. The van der Waals surface area contributed by atoms with Crippen molar-refractivity contribution in [1.29, 1.82) is 0 Å². The van der Waals surface area contributed by atoms with Crippen LogP contribution in [0.4, 0.5) is 0 Å². The zero-order valence-electron chi connectivity index (χ0n) is 21.7. The highest BCUT2D eigenvalue weighted by Gasteiger charge is 2.17. The van der Waals surface area contributed by atoms with Crippen LogP contribution in [0.1, 0.15) is 29.5 Å². The Morgan fingerprint density at radius 1 is 1.00 bits per heavy atom. The van der Waals surface area contributed by atoms with E-state index < -0.39 is 0 Å². The maximum atomic E-state index is 9.23. The number of hydrogen-bond acceptors (Lipinski definition) is 8. The minimum Gasteiger partial charge on any atom is -0.493 e. The van der Waals surface area contributed by atoms with Crippen LogP contribution < -0.4 is 14.2 Å². The Hall–Kier alpha value is -4.76. The van der Waals surface area contributed by atoms with Crippen LogP contribution in [0, 0.1) is 0 Å². The molecule has 3 aromatic heterocycles. The third-order valence-corrected chi connectivity index (χ3v) is 5.93. The lowest BCUT2D eigenvalue weighted by molar-refractivity contribution is 0.274. The zero-order chi connectivity index (χ0) is 27.0. The van der Waals surface area contributed by atoms with Crippen molar-refractivity contribution in [1.82, 2.24) is 14.8 Å². The van der Waals surface area contributed by atoms with E-state index in [0.29, 0.717) is 41.1 Å². The van der Waals surface area contributed by atoms with Crippen LogP contribution in [-0.2, 0) is 19.6 Å². The van der Waals surface area contributed by atoms with Gasteiger partial charge in [-0.1, -0.05) is 37.3 Å². The van der Waals surface area contributed by atoms with E-state index in [2.05, 4.69) is 10.1 Å². The van der Waals surface area contributed by atoms with E-state index in [0.717, 1.165) is 22.6 Å². The SMILES string of the molecule is CCc1oc(-c2ccco2)nc1COc1ccc(COc2nn(-c3ccccc3)cc2C=CCO)cc1OC. The Labute approximate surface area is 225 Å². The highest BCUT2D eigenvalue weighted by Crippen LogP contribution is 2.31. The van der Waals surface area contributed by atoms with E-state index >= 15 is 0 Å². The molecule has 9 heteroatoms. The molecule has 0 aliphatic heterocycles. The molecule has 200 valence electrons. The van der Waals surface area contributed by atoms with Crippen LogP contribution in [0.25, 0.3) is 23.4 Å². The summed E-state index contributed by atoms with van der Waals surface area (Å²) in [5.74, 6) is 3.34. The van der Waals surface area contributed by atoms with Gasteiger partial charge in [-0.3, -0.25) is 0 Å². The third-order valence-electron chi connectivity index (χ3n) is 5.93. The molecular formula is C30H29N3O6. The van der Waals surface area contributed by atoms with Crippen LogP contribution in [0.3, 0.4) is 0 Å². The van der Waals surface area contributed by atoms with Crippen LogP contribution in [0.15, 0.2) is 88.0 Å². The number of methoxy groups -OCH3 is 1. The molecule has 0 saturated carbocycles. The van der Waals surface area contributed by atoms with E-state index in [1.54, 1.807) is 42.3 Å². The van der Waals surface area contributed by atoms with Crippen LogP contribution in [0.2, 0.25) is 0 Å². The van der Waals surface area contributed by atoms with Gasteiger partial charge in [0.25, 0.3) is 5.89 Å². The number of hydrogen-bond donors (Lipinski definition) is 1. The Morgan fingerprint density at radius 3 is 2.62 bits per heavy atom. The summed E-state index contributed by atoms with van der Waals surface area (Å²) in [5, 5.41) is 13.8. The topological polar surface area (TPSA) is 105 Å². The lowest BCUT2D eigenvalue weighted by atomic mass is 10.2. The molecule has 0 unspecified atom stereocenters. The number of aryl methyl sites for hydroxylation is 1. The van der Waals surface area contributed by atoms with Crippen molar-refractivity contribution >= 4 is 6.08 Å².